The molecule has 2 aromatic rings. The smallest absolute Gasteiger partial charge is 0.243 e. The largest absolute Gasteiger partial charge is 0.495 e. The zero-order valence-corrected chi connectivity index (χ0v) is 18.0. The summed E-state index contributed by atoms with van der Waals surface area (Å²) < 4.78 is 32.7. The van der Waals surface area contributed by atoms with Gasteiger partial charge in [-0.25, -0.2) is 8.42 Å². The highest BCUT2D eigenvalue weighted by atomic mass is 32.2. The van der Waals surface area contributed by atoms with Gasteiger partial charge >= 0.3 is 0 Å². The van der Waals surface area contributed by atoms with E-state index < -0.39 is 22.0 Å². The molecule has 0 aliphatic carbocycles. The van der Waals surface area contributed by atoms with Crippen LogP contribution in [0.5, 0.6) is 5.75 Å². The van der Waals surface area contributed by atoms with Crippen LogP contribution in [-0.4, -0.2) is 44.2 Å². The van der Waals surface area contributed by atoms with Gasteiger partial charge in [0.2, 0.25) is 21.8 Å². The van der Waals surface area contributed by atoms with Crippen molar-refractivity contribution in [3.05, 3.63) is 48.0 Å². The number of sulfonamides is 1. The molecule has 0 spiro atoms. The lowest BCUT2D eigenvalue weighted by molar-refractivity contribution is -0.119. The zero-order chi connectivity index (χ0) is 21.9. The first-order valence-corrected chi connectivity index (χ1v) is 11.0. The lowest BCUT2D eigenvalue weighted by atomic mass is 10.2. The molecule has 160 valence electrons. The van der Waals surface area contributed by atoms with E-state index in [1.54, 1.807) is 42.5 Å². The van der Waals surface area contributed by atoms with Crippen LogP contribution in [-0.2, 0) is 19.6 Å². The highest BCUT2D eigenvalue weighted by molar-refractivity contribution is 7.89. The van der Waals surface area contributed by atoms with Crippen molar-refractivity contribution >= 4 is 33.2 Å². The maximum absolute atomic E-state index is 13.1. The van der Waals surface area contributed by atoms with E-state index in [-0.39, 0.29) is 17.3 Å². The number of methoxy groups -OCH3 is 1. The van der Waals surface area contributed by atoms with Crippen LogP contribution in [0.25, 0.3) is 0 Å². The first-order chi connectivity index (χ1) is 14.2. The quantitative estimate of drug-likeness (QED) is 0.732. The monoisotopic (exact) mass is 431 g/mol. The number of carbonyl (C=O) groups excluding carboxylic acids is 2. The van der Waals surface area contributed by atoms with Gasteiger partial charge in [0.25, 0.3) is 0 Å². The Morgan fingerprint density at radius 3 is 2.43 bits per heavy atom. The summed E-state index contributed by atoms with van der Waals surface area (Å²) in [6, 6.07) is 10.6. The first-order valence-electron chi connectivity index (χ1n) is 9.57. The third kappa shape index (κ3) is 4.63. The lowest BCUT2D eigenvalue weighted by Gasteiger charge is -2.24. The summed E-state index contributed by atoms with van der Waals surface area (Å²) in [6.07, 6.45) is 1.01. The van der Waals surface area contributed by atoms with E-state index in [1.165, 1.54) is 18.3 Å². The van der Waals surface area contributed by atoms with Crippen molar-refractivity contribution in [1.82, 2.24) is 4.31 Å². The topological polar surface area (TPSA) is 105 Å². The van der Waals surface area contributed by atoms with E-state index in [2.05, 4.69) is 10.6 Å². The zero-order valence-electron chi connectivity index (χ0n) is 17.1. The summed E-state index contributed by atoms with van der Waals surface area (Å²) in [6.45, 7) is 3.54. The van der Waals surface area contributed by atoms with Gasteiger partial charge in [-0.1, -0.05) is 17.7 Å². The van der Waals surface area contributed by atoms with Crippen molar-refractivity contribution in [3.8, 4) is 5.75 Å². The van der Waals surface area contributed by atoms with Gasteiger partial charge in [-0.2, -0.15) is 4.31 Å². The molecule has 30 heavy (non-hydrogen) atoms. The Labute approximate surface area is 176 Å². The standard InChI is InChI=1S/C21H25N3O5S/c1-14-6-9-17(10-7-14)30(27,28)24-12-4-5-19(24)21(26)23-18-13-16(22-15(2)25)8-11-20(18)29-3/h6-11,13,19H,4-5,12H2,1-3H3,(H,22,25)(H,23,26)/t19-/m0/s1. The van der Waals surface area contributed by atoms with Gasteiger partial charge in [-0.3, -0.25) is 9.59 Å². The fraction of sp³-hybridized carbons (Fsp3) is 0.333. The van der Waals surface area contributed by atoms with E-state index in [9.17, 15) is 18.0 Å². The molecule has 1 atom stereocenters. The minimum absolute atomic E-state index is 0.165. The number of amides is 2. The third-order valence-electron chi connectivity index (χ3n) is 4.91. The molecule has 2 aromatic carbocycles. The van der Waals surface area contributed by atoms with Crippen LogP contribution in [0.1, 0.15) is 25.3 Å². The molecule has 9 heteroatoms. The molecule has 0 bridgehead atoms. The molecule has 8 nitrogen and oxygen atoms in total. The van der Waals surface area contributed by atoms with Crippen LogP contribution in [0, 0.1) is 6.92 Å². The highest BCUT2D eigenvalue weighted by Gasteiger charge is 2.39. The Kier molecular flexibility index (Phi) is 6.42. The van der Waals surface area contributed by atoms with Crippen molar-refractivity contribution in [2.75, 3.05) is 24.3 Å². The number of nitrogens with zero attached hydrogens (tertiary/aromatic N) is 1. The van der Waals surface area contributed by atoms with Gasteiger partial charge in [0.1, 0.15) is 11.8 Å². The predicted octanol–water partition coefficient (Wildman–Crippen LogP) is 2.75. The molecular formula is C21H25N3O5S. The lowest BCUT2D eigenvalue weighted by Crippen LogP contribution is -2.43. The van der Waals surface area contributed by atoms with Crippen molar-refractivity contribution in [2.45, 2.75) is 37.6 Å². The summed E-state index contributed by atoms with van der Waals surface area (Å²) >= 11 is 0. The summed E-state index contributed by atoms with van der Waals surface area (Å²) in [5.74, 6) is -0.284. The maximum Gasteiger partial charge on any atom is 0.243 e. The minimum Gasteiger partial charge on any atom is -0.495 e. The van der Waals surface area contributed by atoms with Crippen LogP contribution in [0.4, 0.5) is 11.4 Å². The van der Waals surface area contributed by atoms with Crippen LogP contribution in [0.2, 0.25) is 0 Å². The second-order valence-corrected chi connectivity index (χ2v) is 9.06. The number of aryl methyl sites for hydroxylation is 1. The van der Waals surface area contributed by atoms with Crippen molar-refractivity contribution in [1.29, 1.82) is 0 Å². The summed E-state index contributed by atoms with van der Waals surface area (Å²) in [5.41, 5.74) is 1.80. The van der Waals surface area contributed by atoms with Crippen LogP contribution in [0.3, 0.4) is 0 Å². The van der Waals surface area contributed by atoms with Crippen molar-refractivity contribution < 1.29 is 22.7 Å². The Morgan fingerprint density at radius 1 is 1.10 bits per heavy atom. The molecule has 1 fully saturated rings. The van der Waals surface area contributed by atoms with Crippen molar-refractivity contribution in [3.63, 3.8) is 0 Å². The fourth-order valence-corrected chi connectivity index (χ4v) is 5.09. The molecule has 1 aliphatic rings. The van der Waals surface area contributed by atoms with E-state index in [0.29, 0.717) is 30.0 Å². The van der Waals surface area contributed by atoms with Gasteiger partial charge in [-0.05, 0) is 50.1 Å². The Bertz CT molecular complexity index is 1050. The van der Waals surface area contributed by atoms with Gasteiger partial charge in [0.15, 0.2) is 0 Å². The van der Waals surface area contributed by atoms with Crippen molar-refractivity contribution in [2.24, 2.45) is 0 Å². The molecule has 3 rings (SSSR count). The molecule has 0 unspecified atom stereocenters. The number of anilines is 2. The molecule has 2 amide bonds. The normalized spacial score (nSPS) is 16.8. The Hall–Kier alpha value is -2.91. The maximum atomic E-state index is 13.1. The Balaban J connectivity index is 1.84. The van der Waals surface area contributed by atoms with Crippen LogP contribution >= 0.6 is 0 Å². The number of hydrogen-bond acceptors (Lipinski definition) is 5. The number of carbonyl (C=O) groups is 2. The number of nitrogens with one attached hydrogen (secondary N) is 2. The van der Waals surface area contributed by atoms with E-state index in [4.69, 9.17) is 4.74 Å². The Morgan fingerprint density at radius 2 is 1.80 bits per heavy atom. The average molecular weight is 432 g/mol. The third-order valence-corrected chi connectivity index (χ3v) is 6.83. The van der Waals surface area contributed by atoms with Gasteiger partial charge < -0.3 is 15.4 Å². The number of hydrogen-bond donors (Lipinski definition) is 2. The predicted molar refractivity (Wildman–Crippen MR) is 114 cm³/mol. The van der Waals surface area contributed by atoms with E-state index in [1.807, 2.05) is 6.92 Å². The highest BCUT2D eigenvalue weighted by Crippen LogP contribution is 2.31. The minimum atomic E-state index is -3.80. The first kappa shape index (κ1) is 21.8. The van der Waals surface area contributed by atoms with E-state index in [0.717, 1.165) is 5.56 Å². The summed E-state index contributed by atoms with van der Waals surface area (Å²) in [4.78, 5) is 24.5. The molecule has 1 saturated heterocycles. The van der Waals surface area contributed by atoms with Gasteiger partial charge in [0, 0.05) is 19.2 Å². The number of ether oxygens (including phenoxy) is 1. The number of rotatable bonds is 6. The summed E-state index contributed by atoms with van der Waals surface area (Å²) in [5, 5.41) is 5.40. The second kappa shape index (κ2) is 8.85. The SMILES string of the molecule is COc1ccc(NC(C)=O)cc1NC(=O)[C@@H]1CCCN1S(=O)(=O)c1ccc(C)cc1. The molecular weight excluding hydrogens is 406 g/mol. The molecule has 1 heterocycles. The molecule has 1 aliphatic heterocycles. The number of benzene rings is 2. The van der Waals surface area contributed by atoms with Gasteiger partial charge in [0.05, 0.1) is 17.7 Å². The fourth-order valence-electron chi connectivity index (χ4n) is 3.44. The average Bonchev–Trinajstić information content (AvgIpc) is 3.19. The second-order valence-electron chi connectivity index (χ2n) is 7.17. The molecule has 0 aromatic heterocycles. The molecule has 0 radical (unpaired) electrons. The van der Waals surface area contributed by atoms with Gasteiger partial charge in [-0.15, -0.1) is 0 Å². The van der Waals surface area contributed by atoms with Crippen LogP contribution < -0.4 is 15.4 Å². The molecule has 0 saturated carbocycles. The molecule has 2 N–H and O–H groups in total. The van der Waals surface area contributed by atoms with E-state index >= 15 is 0 Å². The van der Waals surface area contributed by atoms with Crippen LogP contribution in [0.15, 0.2) is 47.4 Å². The summed E-state index contributed by atoms with van der Waals surface area (Å²) in [7, 11) is -2.33.